The first kappa shape index (κ1) is 24.0. The number of rotatable bonds is 5. The van der Waals surface area contributed by atoms with Crippen LogP contribution < -0.4 is 4.74 Å². The second-order valence-electron chi connectivity index (χ2n) is 7.53. The van der Waals surface area contributed by atoms with Crippen LogP contribution in [0.5, 0.6) is 34.5 Å². The van der Waals surface area contributed by atoms with Crippen LogP contribution >= 0.6 is 0 Å². The molecule has 1 aliphatic rings. The summed E-state index contributed by atoms with van der Waals surface area (Å²) in [6.07, 6.45) is -1.56. The zero-order valence-electron chi connectivity index (χ0n) is 17.8. The van der Waals surface area contributed by atoms with E-state index in [1.165, 1.54) is 6.07 Å². The third-order valence-electron chi connectivity index (χ3n) is 5.00. The molecule has 11 heteroatoms. The number of phenols is 5. The van der Waals surface area contributed by atoms with E-state index in [-0.39, 0.29) is 40.4 Å². The van der Waals surface area contributed by atoms with Gasteiger partial charge in [0.25, 0.3) is 0 Å². The number of carbonyl (C=O) groups excluding carboxylic acids is 1. The highest BCUT2D eigenvalue weighted by molar-refractivity contribution is 5.91. The van der Waals surface area contributed by atoms with Crippen LogP contribution in [0.4, 0.5) is 0 Å². The standard InChI is InChI=1S/C23H22O11/c1-9(3-15(27)20(30)10(2)24)22-19(8-13-14(26)6-12(25)7-18(13)33-22)34-23(32)11-4-16(28)21(31)17(29)5-11/h3-7,19,22,24-31H,1,8H2,2H3/b15-3+,20-10-. The molecule has 0 aromatic heterocycles. The zero-order valence-corrected chi connectivity index (χ0v) is 17.8. The summed E-state index contributed by atoms with van der Waals surface area (Å²) < 4.78 is 11.2. The molecule has 2 aromatic carbocycles. The third kappa shape index (κ3) is 4.72. The largest absolute Gasteiger partial charge is 0.509 e. The Hall–Kier alpha value is -4.67. The molecule has 1 aliphatic heterocycles. The number of aromatic hydroxyl groups is 5. The van der Waals surface area contributed by atoms with Crippen LogP contribution in [0.3, 0.4) is 0 Å². The number of allylic oxidation sites excluding steroid dienone is 1. The first-order valence-corrected chi connectivity index (χ1v) is 9.75. The number of aliphatic hydroxyl groups is 3. The van der Waals surface area contributed by atoms with Crippen LogP contribution in [0.1, 0.15) is 22.8 Å². The molecule has 0 aliphatic carbocycles. The predicted molar refractivity (Wildman–Crippen MR) is 116 cm³/mol. The number of phenolic OH excluding ortho intramolecular Hbond substituents is 5. The molecule has 2 aromatic rings. The monoisotopic (exact) mass is 474 g/mol. The SMILES string of the molecule is C=C(/C=C(O)\C(O)=C(/C)O)C1Oc2cc(O)cc(O)c2CC1OC(=O)c1cc(O)c(O)c(O)c1. The van der Waals surface area contributed by atoms with E-state index in [4.69, 9.17) is 9.47 Å². The Balaban J connectivity index is 1.99. The molecule has 0 radical (unpaired) electrons. The summed E-state index contributed by atoms with van der Waals surface area (Å²) in [6.45, 7) is 4.87. The van der Waals surface area contributed by atoms with Crippen LogP contribution in [0.25, 0.3) is 0 Å². The molecule has 2 unspecified atom stereocenters. The Morgan fingerprint density at radius 2 is 1.65 bits per heavy atom. The van der Waals surface area contributed by atoms with Gasteiger partial charge in [0.1, 0.15) is 29.1 Å². The predicted octanol–water partition coefficient (Wildman–Crippen LogP) is 3.09. The molecule has 0 bridgehead atoms. The first-order chi connectivity index (χ1) is 15.9. The molecule has 0 amide bonds. The number of carbonyl (C=O) groups is 1. The Labute approximate surface area is 192 Å². The maximum Gasteiger partial charge on any atom is 0.338 e. The van der Waals surface area contributed by atoms with Gasteiger partial charge >= 0.3 is 5.97 Å². The van der Waals surface area contributed by atoms with E-state index < -0.39 is 52.7 Å². The summed E-state index contributed by atoms with van der Waals surface area (Å²) in [5, 5.41) is 77.9. The molecule has 11 nitrogen and oxygen atoms in total. The van der Waals surface area contributed by atoms with Crippen molar-refractivity contribution in [2.45, 2.75) is 25.6 Å². The third-order valence-corrected chi connectivity index (χ3v) is 5.00. The maximum atomic E-state index is 12.7. The number of aliphatic hydroxyl groups excluding tert-OH is 3. The average Bonchev–Trinajstić information content (AvgIpc) is 2.76. The van der Waals surface area contributed by atoms with Crippen molar-refractivity contribution < 1.29 is 55.1 Å². The molecule has 0 saturated heterocycles. The highest BCUT2D eigenvalue weighted by Crippen LogP contribution is 2.41. The average molecular weight is 474 g/mol. The van der Waals surface area contributed by atoms with Crippen LogP contribution in [0, 0.1) is 0 Å². The highest BCUT2D eigenvalue weighted by Gasteiger charge is 2.37. The van der Waals surface area contributed by atoms with Crippen molar-refractivity contribution in [3.05, 3.63) is 70.9 Å². The smallest absolute Gasteiger partial charge is 0.338 e. The molecule has 0 fully saturated rings. The van der Waals surface area contributed by atoms with Crippen molar-refractivity contribution in [2.75, 3.05) is 0 Å². The minimum absolute atomic E-state index is 0.0204. The quantitative estimate of drug-likeness (QED) is 0.137. The van der Waals surface area contributed by atoms with Crippen molar-refractivity contribution in [3.63, 3.8) is 0 Å². The topological polar surface area (TPSA) is 197 Å². The summed E-state index contributed by atoms with van der Waals surface area (Å²) in [6, 6.07) is 4.01. The minimum atomic E-state index is -1.20. The zero-order chi connectivity index (χ0) is 25.3. The second-order valence-corrected chi connectivity index (χ2v) is 7.53. The molecule has 8 N–H and O–H groups in total. The Morgan fingerprint density at radius 1 is 1.03 bits per heavy atom. The maximum absolute atomic E-state index is 12.7. The summed E-state index contributed by atoms with van der Waals surface area (Å²) in [7, 11) is 0. The summed E-state index contributed by atoms with van der Waals surface area (Å²) >= 11 is 0. The second kappa shape index (κ2) is 9.06. The van der Waals surface area contributed by atoms with Gasteiger partial charge in [-0.3, -0.25) is 0 Å². The van der Waals surface area contributed by atoms with E-state index in [9.17, 15) is 45.6 Å². The molecule has 34 heavy (non-hydrogen) atoms. The fraction of sp³-hybridized carbons (Fsp3) is 0.174. The molecule has 180 valence electrons. The Morgan fingerprint density at radius 3 is 2.24 bits per heavy atom. The molecule has 3 rings (SSSR count). The van der Waals surface area contributed by atoms with Crippen LogP contribution in [-0.4, -0.2) is 59.0 Å². The fourth-order valence-electron chi connectivity index (χ4n) is 3.30. The normalized spacial score (nSPS) is 18.3. The van der Waals surface area contributed by atoms with E-state index in [0.29, 0.717) is 0 Å². The summed E-state index contributed by atoms with van der Waals surface area (Å²) in [5.74, 6) is -6.13. The molecular formula is C23H22O11. The van der Waals surface area contributed by atoms with Crippen LogP contribution in [0.15, 0.2) is 59.8 Å². The van der Waals surface area contributed by atoms with Crippen LogP contribution in [0.2, 0.25) is 0 Å². The molecule has 0 saturated carbocycles. The van der Waals surface area contributed by atoms with E-state index in [1.807, 2.05) is 0 Å². The molecule has 2 atom stereocenters. The van der Waals surface area contributed by atoms with Gasteiger partial charge in [0.15, 0.2) is 34.9 Å². The number of ether oxygens (including phenoxy) is 2. The van der Waals surface area contributed by atoms with Gasteiger partial charge in [-0.2, -0.15) is 0 Å². The van der Waals surface area contributed by atoms with Gasteiger partial charge in [0, 0.05) is 24.1 Å². The van der Waals surface area contributed by atoms with Gasteiger partial charge < -0.3 is 50.3 Å². The summed E-state index contributed by atoms with van der Waals surface area (Å²) in [5.41, 5.74) is -0.140. The lowest BCUT2D eigenvalue weighted by Crippen LogP contribution is -2.41. The number of esters is 1. The van der Waals surface area contributed by atoms with E-state index in [2.05, 4.69) is 6.58 Å². The number of fused-ring (bicyclic) bond motifs is 1. The minimum Gasteiger partial charge on any atom is -0.509 e. The van der Waals surface area contributed by atoms with Crippen molar-refractivity contribution >= 4 is 5.97 Å². The van der Waals surface area contributed by atoms with Crippen molar-refractivity contribution in [2.24, 2.45) is 0 Å². The molecular weight excluding hydrogens is 452 g/mol. The van der Waals surface area contributed by atoms with Crippen molar-refractivity contribution in [1.29, 1.82) is 0 Å². The van der Waals surface area contributed by atoms with E-state index >= 15 is 0 Å². The van der Waals surface area contributed by atoms with Gasteiger partial charge in [-0.05, 0) is 30.7 Å². The van der Waals surface area contributed by atoms with Crippen molar-refractivity contribution in [3.8, 4) is 34.5 Å². The van der Waals surface area contributed by atoms with Crippen molar-refractivity contribution in [1.82, 2.24) is 0 Å². The van der Waals surface area contributed by atoms with E-state index in [1.54, 1.807) is 0 Å². The lowest BCUT2D eigenvalue weighted by atomic mass is 9.93. The highest BCUT2D eigenvalue weighted by atomic mass is 16.6. The van der Waals surface area contributed by atoms with Gasteiger partial charge in [0.05, 0.1) is 5.56 Å². The Kier molecular flexibility index (Phi) is 6.39. The number of benzene rings is 2. The van der Waals surface area contributed by atoms with Gasteiger partial charge in [0.2, 0.25) is 0 Å². The summed E-state index contributed by atoms with van der Waals surface area (Å²) in [4.78, 5) is 12.7. The number of hydrogen-bond donors (Lipinski definition) is 8. The van der Waals surface area contributed by atoms with Gasteiger partial charge in [-0.15, -0.1) is 0 Å². The van der Waals surface area contributed by atoms with Gasteiger partial charge in [-0.25, -0.2) is 4.79 Å². The fourth-order valence-corrected chi connectivity index (χ4v) is 3.30. The Bertz CT molecular complexity index is 1200. The lowest BCUT2D eigenvalue weighted by molar-refractivity contribution is -0.00626. The molecule has 0 spiro atoms. The lowest BCUT2D eigenvalue weighted by Gasteiger charge is -2.34. The van der Waals surface area contributed by atoms with Crippen LogP contribution in [-0.2, 0) is 11.2 Å². The molecule has 1 heterocycles. The first-order valence-electron chi connectivity index (χ1n) is 9.75. The van der Waals surface area contributed by atoms with Gasteiger partial charge in [-0.1, -0.05) is 6.58 Å². The number of hydrogen-bond acceptors (Lipinski definition) is 11. The van der Waals surface area contributed by atoms with E-state index in [0.717, 1.165) is 31.2 Å².